The van der Waals surface area contributed by atoms with Gasteiger partial charge in [0.25, 0.3) is 0 Å². The summed E-state index contributed by atoms with van der Waals surface area (Å²) in [5.74, 6) is 0.0732. The number of sulfonamides is 1. The summed E-state index contributed by atoms with van der Waals surface area (Å²) in [4.78, 5) is 16.8. The molecule has 0 saturated carbocycles. The van der Waals surface area contributed by atoms with Gasteiger partial charge in [-0.1, -0.05) is 19.1 Å². The molecule has 0 bridgehead atoms. The molecular weight excluding hydrogens is 510 g/mol. The molecule has 1 aromatic carbocycles. The average Bonchev–Trinajstić information content (AvgIpc) is 3.34. The second-order valence-electron chi connectivity index (χ2n) is 8.38. The van der Waals surface area contributed by atoms with Crippen molar-refractivity contribution in [3.05, 3.63) is 59.9 Å². The number of benzene rings is 1. The molecule has 14 heteroatoms. The van der Waals surface area contributed by atoms with Crippen LogP contribution in [-0.4, -0.2) is 62.6 Å². The molecule has 0 aliphatic carbocycles. The maximum Gasteiger partial charge on any atom is 0.245 e. The summed E-state index contributed by atoms with van der Waals surface area (Å²) < 4.78 is 41.9. The highest BCUT2D eigenvalue weighted by molar-refractivity contribution is 7.93. The first-order valence-corrected chi connectivity index (χ1v) is 12.9. The second-order valence-corrected chi connectivity index (χ2v) is 10.4. The van der Waals surface area contributed by atoms with Gasteiger partial charge in [0.1, 0.15) is 12.2 Å². The van der Waals surface area contributed by atoms with Gasteiger partial charge in [-0.25, -0.2) is 18.4 Å². The summed E-state index contributed by atoms with van der Waals surface area (Å²) in [6.07, 6.45) is 4.52. The first-order valence-electron chi connectivity index (χ1n) is 11.4. The van der Waals surface area contributed by atoms with E-state index in [2.05, 4.69) is 40.9 Å². The lowest BCUT2D eigenvalue weighted by molar-refractivity contribution is 0.368. The normalized spacial score (nSPS) is 12.8. The fraction of sp³-hybridized carbons (Fsp3) is 0.292. The Kier molecular flexibility index (Phi) is 7.49. The molecule has 3 heterocycles. The molecule has 2 atom stereocenters. The van der Waals surface area contributed by atoms with Gasteiger partial charge in [-0.05, 0) is 31.5 Å². The van der Waals surface area contributed by atoms with Gasteiger partial charge in [0, 0.05) is 23.9 Å². The molecule has 196 valence electrons. The molecule has 2 unspecified atom stereocenters. The van der Waals surface area contributed by atoms with Crippen LogP contribution in [0.2, 0.25) is 0 Å². The van der Waals surface area contributed by atoms with E-state index < -0.39 is 21.2 Å². The predicted octanol–water partition coefficient (Wildman–Crippen LogP) is 2.65. The van der Waals surface area contributed by atoms with Gasteiger partial charge in [0.2, 0.25) is 27.7 Å². The van der Waals surface area contributed by atoms with Crippen molar-refractivity contribution >= 4 is 16.0 Å². The third kappa shape index (κ3) is 5.09. The summed E-state index contributed by atoms with van der Waals surface area (Å²) in [5, 5.41) is 16.8. The van der Waals surface area contributed by atoms with Crippen molar-refractivity contribution in [3.63, 3.8) is 0 Å². The van der Waals surface area contributed by atoms with E-state index in [1.54, 1.807) is 50.5 Å². The zero-order valence-corrected chi connectivity index (χ0v) is 22.1. The van der Waals surface area contributed by atoms with Crippen LogP contribution in [0.4, 0.5) is 5.95 Å². The molecule has 3 aromatic heterocycles. The molecule has 0 aliphatic rings. The number of aromatic nitrogens is 7. The monoisotopic (exact) mass is 535 g/mol. The minimum Gasteiger partial charge on any atom is -0.479 e. The number of ether oxygens (including phenoxy) is 2. The van der Waals surface area contributed by atoms with Crippen molar-refractivity contribution < 1.29 is 17.9 Å². The van der Waals surface area contributed by atoms with E-state index in [1.807, 2.05) is 6.92 Å². The van der Waals surface area contributed by atoms with Crippen molar-refractivity contribution in [2.75, 3.05) is 18.9 Å². The van der Waals surface area contributed by atoms with E-state index in [9.17, 15) is 13.7 Å². The maximum atomic E-state index is 13.5. The maximum absolute atomic E-state index is 13.5. The Balaban J connectivity index is 1.85. The van der Waals surface area contributed by atoms with Gasteiger partial charge in [0.15, 0.2) is 11.5 Å². The fourth-order valence-corrected chi connectivity index (χ4v) is 4.88. The van der Waals surface area contributed by atoms with Crippen LogP contribution >= 0.6 is 0 Å². The summed E-state index contributed by atoms with van der Waals surface area (Å²) in [6.45, 7) is 5.14. The molecular formula is C24H25N9O4S. The lowest BCUT2D eigenvalue weighted by Crippen LogP contribution is -2.31. The van der Waals surface area contributed by atoms with Gasteiger partial charge in [-0.3, -0.25) is 9.29 Å². The van der Waals surface area contributed by atoms with Gasteiger partial charge in [0.05, 0.1) is 31.1 Å². The van der Waals surface area contributed by atoms with E-state index >= 15 is 0 Å². The molecule has 4 rings (SSSR count). The van der Waals surface area contributed by atoms with Gasteiger partial charge in [-0.15, -0.1) is 10.2 Å². The number of nitrogens with one attached hydrogen (secondary N) is 1. The summed E-state index contributed by atoms with van der Waals surface area (Å²) >= 11 is 0. The molecule has 0 aliphatic heterocycles. The van der Waals surface area contributed by atoms with Crippen LogP contribution in [0.25, 0.3) is 17.1 Å². The number of hydrogen-bond acceptors (Lipinski definition) is 11. The van der Waals surface area contributed by atoms with E-state index in [4.69, 9.17) is 9.47 Å². The smallest absolute Gasteiger partial charge is 0.245 e. The van der Waals surface area contributed by atoms with Crippen LogP contribution in [-0.2, 0) is 10.0 Å². The van der Waals surface area contributed by atoms with Crippen LogP contribution < -0.4 is 14.2 Å². The van der Waals surface area contributed by atoms with Crippen LogP contribution in [0.15, 0.2) is 43.0 Å². The minimum atomic E-state index is -4.05. The molecule has 0 spiro atoms. The van der Waals surface area contributed by atoms with Crippen molar-refractivity contribution in [2.45, 2.75) is 31.9 Å². The third-order valence-electron chi connectivity index (χ3n) is 5.91. The molecule has 38 heavy (non-hydrogen) atoms. The lowest BCUT2D eigenvalue weighted by atomic mass is 10.1. The molecule has 0 amide bonds. The number of anilines is 1. The SMILES string of the molecule is COc1ncnc(OC)c1-n1c(NS(=O)(=O)C(C)C(C)c2ncc(C)cn2)nnc1-c1cccc(C#N)c1. The molecule has 1 N–H and O–H groups in total. The highest BCUT2D eigenvalue weighted by Crippen LogP contribution is 2.35. The summed E-state index contributed by atoms with van der Waals surface area (Å²) in [5.41, 5.74) is 1.90. The zero-order chi connectivity index (χ0) is 27.4. The fourth-order valence-electron chi connectivity index (χ4n) is 3.65. The average molecular weight is 536 g/mol. The molecule has 0 saturated heterocycles. The standard InChI is InChI=1S/C24H25N9O4S/c1-14-11-26-20(27-12-14)15(2)16(3)38(34,35)32-24-31-30-21(18-8-6-7-17(9-18)10-25)33(24)19-22(36-4)28-13-29-23(19)37-5/h6-9,11-13,15-16H,1-5H3,(H,31,32). The van der Waals surface area contributed by atoms with Crippen LogP contribution in [0.1, 0.15) is 36.7 Å². The first kappa shape index (κ1) is 26.4. The number of methoxy groups -OCH3 is 2. The number of nitrogens with zero attached hydrogens (tertiary/aromatic N) is 8. The lowest BCUT2D eigenvalue weighted by Gasteiger charge is -2.21. The quantitative estimate of drug-likeness (QED) is 0.334. The number of hydrogen-bond donors (Lipinski definition) is 1. The van der Waals surface area contributed by atoms with E-state index in [1.165, 1.54) is 25.1 Å². The largest absolute Gasteiger partial charge is 0.479 e. The van der Waals surface area contributed by atoms with Crippen molar-refractivity contribution in [3.8, 4) is 34.9 Å². The Labute approximate surface area is 219 Å². The Morgan fingerprint density at radius 3 is 2.29 bits per heavy atom. The molecule has 13 nitrogen and oxygen atoms in total. The first-order chi connectivity index (χ1) is 18.2. The zero-order valence-electron chi connectivity index (χ0n) is 21.3. The van der Waals surface area contributed by atoms with E-state index in [0.29, 0.717) is 17.0 Å². The molecule has 0 fully saturated rings. The molecule has 4 aromatic rings. The highest BCUT2D eigenvalue weighted by Gasteiger charge is 2.33. The Bertz CT molecular complexity index is 1580. The molecule has 0 radical (unpaired) electrons. The Morgan fingerprint density at radius 1 is 1.03 bits per heavy atom. The van der Waals surface area contributed by atoms with Crippen LogP contribution in [0, 0.1) is 18.3 Å². The van der Waals surface area contributed by atoms with Crippen molar-refractivity contribution in [2.24, 2.45) is 0 Å². The van der Waals surface area contributed by atoms with Gasteiger partial charge < -0.3 is 9.47 Å². The van der Waals surface area contributed by atoms with Gasteiger partial charge in [-0.2, -0.15) is 15.2 Å². The third-order valence-corrected chi connectivity index (χ3v) is 7.77. The van der Waals surface area contributed by atoms with Crippen molar-refractivity contribution in [1.82, 2.24) is 34.7 Å². The summed E-state index contributed by atoms with van der Waals surface area (Å²) in [7, 11) is -1.24. The van der Waals surface area contributed by atoms with Gasteiger partial charge >= 0.3 is 0 Å². The van der Waals surface area contributed by atoms with Crippen LogP contribution in [0.5, 0.6) is 11.8 Å². The minimum absolute atomic E-state index is 0.0873. The number of rotatable bonds is 9. The van der Waals surface area contributed by atoms with E-state index in [0.717, 1.165) is 5.56 Å². The van der Waals surface area contributed by atoms with E-state index in [-0.39, 0.29) is 29.2 Å². The Hall–Kier alpha value is -4.64. The van der Waals surface area contributed by atoms with Crippen molar-refractivity contribution in [1.29, 1.82) is 5.26 Å². The van der Waals surface area contributed by atoms with Crippen LogP contribution in [0.3, 0.4) is 0 Å². The number of aryl methyl sites for hydroxylation is 1. The summed E-state index contributed by atoms with van der Waals surface area (Å²) in [6, 6.07) is 8.70. The second kappa shape index (κ2) is 10.8. The number of nitriles is 1. The predicted molar refractivity (Wildman–Crippen MR) is 137 cm³/mol. The highest BCUT2D eigenvalue weighted by atomic mass is 32.2. The topological polar surface area (TPSA) is 171 Å². The Morgan fingerprint density at radius 2 is 1.68 bits per heavy atom.